The van der Waals surface area contributed by atoms with Gasteiger partial charge in [-0.05, 0) is 12.1 Å². The van der Waals surface area contributed by atoms with E-state index in [0.29, 0.717) is 20.6 Å². The average molecular weight is 241 g/mol. The van der Waals surface area contributed by atoms with E-state index in [1.165, 1.54) is 0 Å². The lowest BCUT2D eigenvalue weighted by atomic mass is 10.1. The minimum absolute atomic E-state index is 0.222. The van der Waals surface area contributed by atoms with Gasteiger partial charge in [0, 0.05) is 10.6 Å². The molecule has 0 aliphatic rings. The van der Waals surface area contributed by atoms with Crippen molar-refractivity contribution in [3.8, 4) is 0 Å². The van der Waals surface area contributed by atoms with Gasteiger partial charge in [0.15, 0.2) is 0 Å². The summed E-state index contributed by atoms with van der Waals surface area (Å²) in [5.74, 6) is 0. The number of hydrogen-bond acceptors (Lipinski definition) is 2. The Labute approximate surface area is 91.2 Å². The molecule has 1 aromatic carbocycles. The Morgan fingerprint density at radius 2 is 1.77 bits per heavy atom. The second-order valence-corrected chi connectivity index (χ2v) is 3.74. The van der Waals surface area contributed by atoms with Crippen LogP contribution in [0, 0.1) is 0 Å². The van der Waals surface area contributed by atoms with Crippen molar-refractivity contribution in [2.24, 2.45) is 5.73 Å². The molecule has 0 aromatic heterocycles. The fourth-order valence-corrected chi connectivity index (χ4v) is 1.79. The number of benzene rings is 1. The molecule has 5 heteroatoms. The average Bonchev–Trinajstić information content (AvgIpc) is 2.12. The zero-order valence-electron chi connectivity index (χ0n) is 6.60. The SMILES string of the molecule is NC(CO)c1c(Cl)ccc(Cl)c1Cl. The molecule has 0 aliphatic heterocycles. The molecule has 0 fully saturated rings. The molecule has 1 atom stereocenters. The van der Waals surface area contributed by atoms with Crippen molar-refractivity contribution in [2.75, 3.05) is 6.61 Å². The van der Waals surface area contributed by atoms with E-state index < -0.39 is 6.04 Å². The Morgan fingerprint density at radius 1 is 1.23 bits per heavy atom. The number of nitrogens with two attached hydrogens (primary N) is 1. The highest BCUT2D eigenvalue weighted by atomic mass is 35.5. The van der Waals surface area contributed by atoms with E-state index in [0.717, 1.165) is 0 Å². The van der Waals surface area contributed by atoms with Gasteiger partial charge >= 0.3 is 0 Å². The summed E-state index contributed by atoms with van der Waals surface area (Å²) >= 11 is 17.5. The fourth-order valence-electron chi connectivity index (χ4n) is 0.974. The molecule has 0 radical (unpaired) electrons. The quantitative estimate of drug-likeness (QED) is 0.781. The molecule has 0 aliphatic carbocycles. The number of aliphatic hydroxyl groups excluding tert-OH is 1. The van der Waals surface area contributed by atoms with Gasteiger partial charge in [-0.25, -0.2) is 0 Å². The minimum atomic E-state index is -0.598. The second-order valence-electron chi connectivity index (χ2n) is 2.55. The zero-order chi connectivity index (χ0) is 10.0. The summed E-state index contributed by atoms with van der Waals surface area (Å²) < 4.78 is 0. The van der Waals surface area contributed by atoms with Gasteiger partial charge in [0.2, 0.25) is 0 Å². The molecule has 1 aromatic rings. The standard InChI is InChI=1S/C8H8Cl3NO/c9-4-1-2-5(10)8(11)7(4)6(12)3-13/h1-2,6,13H,3,12H2. The molecule has 13 heavy (non-hydrogen) atoms. The fraction of sp³-hybridized carbons (Fsp3) is 0.250. The lowest BCUT2D eigenvalue weighted by Crippen LogP contribution is -2.15. The zero-order valence-corrected chi connectivity index (χ0v) is 8.87. The summed E-state index contributed by atoms with van der Waals surface area (Å²) in [6, 6.07) is 2.58. The normalized spacial score (nSPS) is 13.0. The molecule has 1 unspecified atom stereocenters. The highest BCUT2D eigenvalue weighted by Gasteiger charge is 2.15. The van der Waals surface area contributed by atoms with Gasteiger partial charge in [-0.2, -0.15) is 0 Å². The maximum Gasteiger partial charge on any atom is 0.0655 e. The smallest absolute Gasteiger partial charge is 0.0655 e. The third kappa shape index (κ3) is 2.27. The van der Waals surface area contributed by atoms with E-state index >= 15 is 0 Å². The highest BCUT2D eigenvalue weighted by Crippen LogP contribution is 2.34. The van der Waals surface area contributed by atoms with Crippen molar-refractivity contribution in [1.82, 2.24) is 0 Å². The number of hydrogen-bond donors (Lipinski definition) is 2. The first kappa shape index (κ1) is 11.1. The largest absolute Gasteiger partial charge is 0.394 e. The van der Waals surface area contributed by atoms with Crippen LogP contribution in [0.2, 0.25) is 15.1 Å². The van der Waals surface area contributed by atoms with Gasteiger partial charge in [0.25, 0.3) is 0 Å². The summed E-state index contributed by atoms with van der Waals surface area (Å²) in [4.78, 5) is 0. The summed E-state index contributed by atoms with van der Waals surface area (Å²) in [6.07, 6.45) is 0. The van der Waals surface area contributed by atoms with Gasteiger partial charge in [-0.3, -0.25) is 0 Å². The Hall–Kier alpha value is 0.01000. The van der Waals surface area contributed by atoms with Crippen LogP contribution >= 0.6 is 34.8 Å². The lowest BCUT2D eigenvalue weighted by Gasteiger charge is -2.13. The van der Waals surface area contributed by atoms with Crippen LogP contribution in [0.4, 0.5) is 0 Å². The maximum absolute atomic E-state index is 8.84. The highest BCUT2D eigenvalue weighted by molar-refractivity contribution is 6.44. The van der Waals surface area contributed by atoms with Crippen LogP contribution in [0.5, 0.6) is 0 Å². The molecule has 0 heterocycles. The van der Waals surface area contributed by atoms with Crippen molar-refractivity contribution in [1.29, 1.82) is 0 Å². The Balaban J connectivity index is 3.25. The van der Waals surface area contributed by atoms with E-state index in [9.17, 15) is 0 Å². The van der Waals surface area contributed by atoms with E-state index in [1.54, 1.807) is 12.1 Å². The third-order valence-corrected chi connectivity index (χ3v) is 2.80. The van der Waals surface area contributed by atoms with Gasteiger partial charge in [0.1, 0.15) is 0 Å². The Morgan fingerprint density at radius 3 is 2.31 bits per heavy atom. The van der Waals surface area contributed by atoms with E-state index in [4.69, 9.17) is 45.6 Å². The minimum Gasteiger partial charge on any atom is -0.394 e. The van der Waals surface area contributed by atoms with Crippen LogP contribution in [0.3, 0.4) is 0 Å². The van der Waals surface area contributed by atoms with E-state index in [2.05, 4.69) is 0 Å². The monoisotopic (exact) mass is 239 g/mol. The maximum atomic E-state index is 8.84. The van der Waals surface area contributed by atoms with Crippen LogP contribution in [0.25, 0.3) is 0 Å². The number of halogens is 3. The van der Waals surface area contributed by atoms with Crippen molar-refractivity contribution < 1.29 is 5.11 Å². The predicted molar refractivity (Wildman–Crippen MR) is 55.5 cm³/mol. The first-order valence-corrected chi connectivity index (χ1v) is 4.71. The third-order valence-electron chi connectivity index (χ3n) is 1.65. The molecule has 72 valence electrons. The summed E-state index contributed by atoms with van der Waals surface area (Å²) in [6.45, 7) is -0.222. The molecular weight excluding hydrogens is 232 g/mol. The number of aliphatic hydroxyl groups is 1. The molecule has 0 spiro atoms. The second kappa shape index (κ2) is 4.49. The molecule has 0 saturated carbocycles. The van der Waals surface area contributed by atoms with Crippen LogP contribution < -0.4 is 5.73 Å². The Bertz CT molecular complexity index is 317. The lowest BCUT2D eigenvalue weighted by molar-refractivity contribution is 0.268. The van der Waals surface area contributed by atoms with Crippen molar-refractivity contribution in [3.05, 3.63) is 32.8 Å². The molecule has 2 nitrogen and oxygen atoms in total. The molecule has 0 bridgehead atoms. The van der Waals surface area contributed by atoms with Crippen LogP contribution in [0.15, 0.2) is 12.1 Å². The predicted octanol–water partition coefficient (Wildman–Crippen LogP) is 2.64. The molecule has 1 rings (SSSR count). The van der Waals surface area contributed by atoms with Crippen molar-refractivity contribution in [2.45, 2.75) is 6.04 Å². The van der Waals surface area contributed by atoms with Gasteiger partial charge in [0.05, 0.1) is 22.7 Å². The van der Waals surface area contributed by atoms with Crippen LogP contribution in [0.1, 0.15) is 11.6 Å². The summed E-state index contributed by atoms with van der Waals surface area (Å²) in [5.41, 5.74) is 6.07. The molecule has 3 N–H and O–H groups in total. The van der Waals surface area contributed by atoms with E-state index in [-0.39, 0.29) is 6.61 Å². The molecule has 0 amide bonds. The summed E-state index contributed by atoms with van der Waals surface area (Å²) in [7, 11) is 0. The summed E-state index contributed by atoms with van der Waals surface area (Å²) in [5, 5.41) is 9.94. The van der Waals surface area contributed by atoms with Crippen LogP contribution in [-0.2, 0) is 0 Å². The van der Waals surface area contributed by atoms with Gasteiger partial charge < -0.3 is 10.8 Å². The van der Waals surface area contributed by atoms with Gasteiger partial charge in [-0.15, -0.1) is 0 Å². The Kier molecular flexibility index (Phi) is 3.83. The topological polar surface area (TPSA) is 46.2 Å². The van der Waals surface area contributed by atoms with E-state index in [1.807, 2.05) is 0 Å². The van der Waals surface area contributed by atoms with Crippen molar-refractivity contribution >= 4 is 34.8 Å². The van der Waals surface area contributed by atoms with Gasteiger partial charge in [-0.1, -0.05) is 34.8 Å². The first-order valence-electron chi connectivity index (χ1n) is 3.57. The van der Waals surface area contributed by atoms with Crippen molar-refractivity contribution in [3.63, 3.8) is 0 Å². The molecule has 0 saturated heterocycles. The number of rotatable bonds is 2. The molecular formula is C8H8Cl3NO. The first-order chi connectivity index (χ1) is 6.07. The van der Waals surface area contributed by atoms with Crippen LogP contribution in [-0.4, -0.2) is 11.7 Å².